The summed E-state index contributed by atoms with van der Waals surface area (Å²) in [5.41, 5.74) is 2.84. The highest BCUT2D eigenvalue weighted by atomic mass is 19.4. The van der Waals surface area contributed by atoms with Crippen LogP contribution in [0.3, 0.4) is 0 Å². The lowest BCUT2D eigenvalue weighted by Crippen LogP contribution is -2.29. The Bertz CT molecular complexity index is 459. The van der Waals surface area contributed by atoms with Gasteiger partial charge in [0.15, 0.2) is 6.61 Å². The van der Waals surface area contributed by atoms with Gasteiger partial charge in [-0.15, -0.1) is 0 Å². The van der Waals surface area contributed by atoms with Gasteiger partial charge in [-0.1, -0.05) is 0 Å². The molecule has 4 nitrogen and oxygen atoms in total. The maximum Gasteiger partial charge on any atom is 0.414 e. The van der Waals surface area contributed by atoms with Crippen molar-refractivity contribution in [2.75, 3.05) is 13.2 Å². The first-order valence-electron chi connectivity index (χ1n) is 5.20. The number of amides is 1. The Morgan fingerprint density at radius 3 is 2.94 bits per heavy atom. The van der Waals surface area contributed by atoms with Gasteiger partial charge in [-0.25, -0.2) is 5.48 Å². The molecule has 0 saturated carbocycles. The lowest BCUT2D eigenvalue weighted by atomic mass is 10.1. The molecule has 1 N–H and O–H groups in total. The number of nitrogens with one attached hydrogen (secondary N) is 1. The van der Waals surface area contributed by atoms with E-state index in [1.807, 2.05) is 0 Å². The molecule has 18 heavy (non-hydrogen) atoms. The average Bonchev–Trinajstić information content (AvgIpc) is 2.73. The molecule has 98 valence electrons. The molecule has 0 spiro atoms. The van der Waals surface area contributed by atoms with Crippen molar-refractivity contribution < 1.29 is 27.5 Å². The molecule has 0 saturated heterocycles. The molecule has 1 aromatic carbocycles. The number of benzene rings is 1. The van der Waals surface area contributed by atoms with E-state index >= 15 is 0 Å². The first kappa shape index (κ1) is 12.7. The maximum absolute atomic E-state index is 11.8. The number of rotatable bonds is 3. The second kappa shape index (κ2) is 4.85. The van der Waals surface area contributed by atoms with Gasteiger partial charge in [0.25, 0.3) is 5.91 Å². The molecule has 2 rings (SSSR count). The van der Waals surface area contributed by atoms with Gasteiger partial charge in [0.05, 0.1) is 6.61 Å². The molecule has 1 aliphatic heterocycles. The molecule has 1 aromatic rings. The molecule has 0 radical (unpaired) electrons. The number of alkyl halides is 3. The zero-order valence-corrected chi connectivity index (χ0v) is 9.21. The summed E-state index contributed by atoms with van der Waals surface area (Å²) in [6, 6.07) is 4.66. The molecular weight excluding hydrogens is 251 g/mol. The summed E-state index contributed by atoms with van der Waals surface area (Å²) in [6.07, 6.45) is -3.79. The Morgan fingerprint density at radius 1 is 1.44 bits per heavy atom. The fourth-order valence-corrected chi connectivity index (χ4v) is 1.57. The summed E-state index contributed by atoms with van der Waals surface area (Å²) in [5, 5.41) is 0. The zero-order valence-electron chi connectivity index (χ0n) is 9.21. The fraction of sp³-hybridized carbons (Fsp3) is 0.364. The van der Waals surface area contributed by atoms with Crippen molar-refractivity contribution in [3.8, 4) is 5.75 Å². The Labute approximate surface area is 101 Å². The van der Waals surface area contributed by atoms with E-state index in [0.29, 0.717) is 18.8 Å². The van der Waals surface area contributed by atoms with Gasteiger partial charge in [0.2, 0.25) is 0 Å². The summed E-state index contributed by atoms with van der Waals surface area (Å²) in [6.45, 7) is -0.974. The first-order chi connectivity index (χ1) is 8.46. The predicted octanol–water partition coefficient (Wildman–Crippen LogP) is 1.85. The molecule has 0 aromatic heterocycles. The molecule has 0 bridgehead atoms. The van der Waals surface area contributed by atoms with E-state index in [9.17, 15) is 18.0 Å². The summed E-state index contributed by atoms with van der Waals surface area (Å²) in [4.78, 5) is 15.6. The summed E-state index contributed by atoms with van der Waals surface area (Å²) in [5.74, 6) is -0.0169. The molecule has 1 aliphatic rings. The third-order valence-corrected chi connectivity index (χ3v) is 2.35. The molecule has 0 fully saturated rings. The lowest BCUT2D eigenvalue weighted by molar-refractivity contribution is -0.184. The van der Waals surface area contributed by atoms with Crippen LogP contribution in [0.15, 0.2) is 18.2 Å². The predicted molar refractivity (Wildman–Crippen MR) is 55.1 cm³/mol. The van der Waals surface area contributed by atoms with Crippen molar-refractivity contribution in [1.82, 2.24) is 5.48 Å². The van der Waals surface area contributed by atoms with E-state index in [4.69, 9.17) is 4.74 Å². The average molecular weight is 261 g/mol. The van der Waals surface area contributed by atoms with Crippen molar-refractivity contribution >= 4 is 5.91 Å². The van der Waals surface area contributed by atoms with Crippen molar-refractivity contribution in [1.29, 1.82) is 0 Å². The minimum Gasteiger partial charge on any atom is -0.493 e. The van der Waals surface area contributed by atoms with Crippen LogP contribution in [0.25, 0.3) is 0 Å². The Morgan fingerprint density at radius 2 is 2.22 bits per heavy atom. The van der Waals surface area contributed by atoms with Crippen LogP contribution < -0.4 is 10.2 Å². The highest BCUT2D eigenvalue weighted by Crippen LogP contribution is 2.25. The monoisotopic (exact) mass is 261 g/mol. The van der Waals surface area contributed by atoms with Crippen molar-refractivity contribution in [3.05, 3.63) is 29.3 Å². The molecule has 0 atom stereocenters. The Hall–Kier alpha value is -1.76. The van der Waals surface area contributed by atoms with E-state index in [1.165, 1.54) is 6.07 Å². The molecule has 7 heteroatoms. The van der Waals surface area contributed by atoms with Crippen molar-refractivity contribution in [2.24, 2.45) is 0 Å². The van der Waals surface area contributed by atoms with E-state index < -0.39 is 18.7 Å². The van der Waals surface area contributed by atoms with Gasteiger partial charge < -0.3 is 4.74 Å². The number of ether oxygens (including phenoxy) is 1. The molecular formula is C11H10F3NO3. The number of carbonyl (C=O) groups excluding carboxylic acids is 1. The smallest absolute Gasteiger partial charge is 0.414 e. The van der Waals surface area contributed by atoms with Crippen LogP contribution in [0, 0.1) is 0 Å². The van der Waals surface area contributed by atoms with Gasteiger partial charge in [-0.2, -0.15) is 13.2 Å². The molecule has 0 unspecified atom stereocenters. The third-order valence-electron chi connectivity index (χ3n) is 2.35. The number of carbonyl (C=O) groups is 1. The van der Waals surface area contributed by atoms with Crippen LogP contribution in [-0.2, 0) is 11.3 Å². The minimum atomic E-state index is -4.47. The highest BCUT2D eigenvalue weighted by Gasteiger charge is 2.28. The minimum absolute atomic E-state index is 0.237. The van der Waals surface area contributed by atoms with Gasteiger partial charge >= 0.3 is 6.18 Å². The fourth-order valence-electron chi connectivity index (χ4n) is 1.57. The van der Waals surface area contributed by atoms with Gasteiger partial charge in [0, 0.05) is 12.0 Å². The second-order valence-corrected chi connectivity index (χ2v) is 3.76. The SMILES string of the molecule is O=C(NOCC(F)(F)F)c1ccc2c(c1)CCO2. The van der Waals surface area contributed by atoms with Crippen LogP contribution in [0.4, 0.5) is 13.2 Å². The van der Waals surface area contributed by atoms with Gasteiger partial charge in [-0.3, -0.25) is 9.63 Å². The van der Waals surface area contributed by atoms with Gasteiger partial charge in [0.1, 0.15) is 5.75 Å². The van der Waals surface area contributed by atoms with Crippen LogP contribution in [0.2, 0.25) is 0 Å². The van der Waals surface area contributed by atoms with E-state index in [0.717, 1.165) is 5.56 Å². The zero-order chi connectivity index (χ0) is 13.2. The highest BCUT2D eigenvalue weighted by molar-refractivity contribution is 5.93. The Balaban J connectivity index is 1.93. The first-order valence-corrected chi connectivity index (χ1v) is 5.20. The third kappa shape index (κ3) is 3.13. The van der Waals surface area contributed by atoms with Crippen LogP contribution in [0.1, 0.15) is 15.9 Å². The standard InChI is InChI=1S/C11H10F3NO3/c12-11(13,14)6-18-15-10(16)8-1-2-9-7(5-8)3-4-17-9/h1-2,5H,3-4,6H2,(H,15,16). The maximum atomic E-state index is 11.8. The van der Waals surface area contributed by atoms with E-state index in [1.54, 1.807) is 17.6 Å². The van der Waals surface area contributed by atoms with Crippen LogP contribution in [0.5, 0.6) is 5.75 Å². The van der Waals surface area contributed by atoms with Crippen molar-refractivity contribution in [3.63, 3.8) is 0 Å². The topological polar surface area (TPSA) is 47.6 Å². The number of halogens is 3. The largest absolute Gasteiger partial charge is 0.493 e. The summed E-state index contributed by atoms with van der Waals surface area (Å²) >= 11 is 0. The van der Waals surface area contributed by atoms with Crippen LogP contribution in [-0.4, -0.2) is 25.3 Å². The lowest BCUT2D eigenvalue weighted by Gasteiger charge is -2.08. The van der Waals surface area contributed by atoms with Crippen molar-refractivity contribution in [2.45, 2.75) is 12.6 Å². The summed E-state index contributed by atoms with van der Waals surface area (Å²) < 4.78 is 40.6. The quantitative estimate of drug-likeness (QED) is 0.845. The molecule has 1 amide bonds. The Kier molecular flexibility index (Phi) is 3.42. The van der Waals surface area contributed by atoms with Crippen LogP contribution >= 0.6 is 0 Å². The normalized spacial score (nSPS) is 13.9. The molecule has 1 heterocycles. The number of hydroxylamine groups is 1. The van der Waals surface area contributed by atoms with Gasteiger partial charge in [-0.05, 0) is 23.8 Å². The number of fused-ring (bicyclic) bond motifs is 1. The van der Waals surface area contributed by atoms with E-state index in [-0.39, 0.29) is 5.56 Å². The second-order valence-electron chi connectivity index (χ2n) is 3.76. The number of hydrogen-bond donors (Lipinski definition) is 1. The number of hydrogen-bond acceptors (Lipinski definition) is 3. The summed E-state index contributed by atoms with van der Waals surface area (Å²) in [7, 11) is 0. The molecule has 0 aliphatic carbocycles. The van der Waals surface area contributed by atoms with E-state index in [2.05, 4.69) is 4.84 Å².